The number of carbonyl (C=O) groups excluding carboxylic acids is 2. The fraction of sp³-hybridized carbons (Fsp3) is 0.0952. The van der Waals surface area contributed by atoms with Crippen molar-refractivity contribution in [3.63, 3.8) is 0 Å². The van der Waals surface area contributed by atoms with Crippen LogP contribution < -0.4 is 4.90 Å². The molecule has 1 N–H and O–H groups in total. The van der Waals surface area contributed by atoms with E-state index in [1.54, 1.807) is 36.4 Å². The monoisotopic (exact) mass is 360 g/mol. The van der Waals surface area contributed by atoms with Crippen LogP contribution in [0.3, 0.4) is 0 Å². The highest BCUT2D eigenvalue weighted by atomic mass is 16.3. The SMILES string of the molecule is Cc1ccccc1N1C(=O)C(=O)/C(=C(\O)c2ccncc2)C1c1ccco1. The normalized spacial score (nSPS) is 18.9. The zero-order chi connectivity index (χ0) is 19.0. The molecule has 1 fully saturated rings. The first-order valence-electron chi connectivity index (χ1n) is 8.40. The van der Waals surface area contributed by atoms with Crippen molar-refractivity contribution in [3.05, 3.63) is 89.6 Å². The Balaban J connectivity index is 1.96. The Labute approximate surface area is 155 Å². The van der Waals surface area contributed by atoms with Crippen LogP contribution in [0.5, 0.6) is 0 Å². The van der Waals surface area contributed by atoms with Gasteiger partial charge in [-0.15, -0.1) is 0 Å². The van der Waals surface area contributed by atoms with Gasteiger partial charge in [-0.25, -0.2) is 0 Å². The first-order valence-corrected chi connectivity index (χ1v) is 8.40. The van der Waals surface area contributed by atoms with Crippen LogP contribution >= 0.6 is 0 Å². The number of anilines is 1. The molecule has 4 rings (SSSR count). The molecule has 6 heteroatoms. The summed E-state index contributed by atoms with van der Waals surface area (Å²) in [6, 6.07) is 12.9. The molecular formula is C21H16N2O4. The number of aryl methyl sites for hydroxylation is 1. The fourth-order valence-electron chi connectivity index (χ4n) is 3.30. The van der Waals surface area contributed by atoms with Crippen molar-refractivity contribution < 1.29 is 19.1 Å². The Morgan fingerprint density at radius 3 is 2.48 bits per heavy atom. The van der Waals surface area contributed by atoms with Crippen LogP contribution in [-0.2, 0) is 9.59 Å². The van der Waals surface area contributed by atoms with Crippen molar-refractivity contribution in [1.29, 1.82) is 0 Å². The molecule has 27 heavy (non-hydrogen) atoms. The van der Waals surface area contributed by atoms with Crippen molar-refractivity contribution in [2.75, 3.05) is 4.90 Å². The average Bonchev–Trinajstić information content (AvgIpc) is 3.30. The number of furan rings is 1. The van der Waals surface area contributed by atoms with Gasteiger partial charge >= 0.3 is 0 Å². The van der Waals surface area contributed by atoms with Crippen LogP contribution in [0, 0.1) is 6.92 Å². The zero-order valence-corrected chi connectivity index (χ0v) is 14.5. The Kier molecular flexibility index (Phi) is 4.08. The predicted molar refractivity (Wildman–Crippen MR) is 98.9 cm³/mol. The minimum absolute atomic E-state index is 0.00981. The second-order valence-electron chi connectivity index (χ2n) is 6.21. The maximum absolute atomic E-state index is 12.9. The number of benzene rings is 1. The summed E-state index contributed by atoms with van der Waals surface area (Å²) in [6.45, 7) is 1.86. The molecule has 1 atom stereocenters. The summed E-state index contributed by atoms with van der Waals surface area (Å²) in [4.78, 5) is 31.0. The molecule has 6 nitrogen and oxygen atoms in total. The summed E-state index contributed by atoms with van der Waals surface area (Å²) < 4.78 is 5.52. The number of ketones is 1. The minimum atomic E-state index is -0.853. The average molecular weight is 360 g/mol. The van der Waals surface area contributed by atoms with Gasteiger partial charge in [0, 0.05) is 23.6 Å². The van der Waals surface area contributed by atoms with E-state index < -0.39 is 17.7 Å². The third-order valence-electron chi connectivity index (χ3n) is 4.59. The van der Waals surface area contributed by atoms with Crippen LogP contribution in [0.15, 0.2) is 77.2 Å². The zero-order valence-electron chi connectivity index (χ0n) is 14.5. The molecule has 0 saturated carbocycles. The molecule has 1 amide bonds. The topological polar surface area (TPSA) is 83.6 Å². The van der Waals surface area contributed by atoms with E-state index in [1.807, 2.05) is 19.1 Å². The van der Waals surface area contributed by atoms with Crippen LogP contribution in [0.4, 0.5) is 5.69 Å². The fourth-order valence-corrected chi connectivity index (χ4v) is 3.30. The lowest BCUT2D eigenvalue weighted by Crippen LogP contribution is -2.29. The quantitative estimate of drug-likeness (QED) is 0.438. The van der Waals surface area contributed by atoms with Crippen LogP contribution in [-0.4, -0.2) is 21.8 Å². The predicted octanol–water partition coefficient (Wildman–Crippen LogP) is 3.61. The molecule has 0 aliphatic carbocycles. The van der Waals surface area contributed by atoms with E-state index >= 15 is 0 Å². The molecule has 0 radical (unpaired) electrons. The summed E-state index contributed by atoms with van der Waals surface area (Å²) >= 11 is 0. The second-order valence-corrected chi connectivity index (χ2v) is 6.21. The number of hydrogen-bond donors (Lipinski definition) is 1. The molecule has 1 saturated heterocycles. The van der Waals surface area contributed by atoms with Gasteiger partial charge < -0.3 is 9.52 Å². The standard InChI is InChI=1S/C21H16N2O4/c1-13-5-2-3-6-15(13)23-18(16-7-4-12-27-16)17(20(25)21(23)26)19(24)14-8-10-22-11-9-14/h2-12,18,24H,1H3/b19-17-. The summed E-state index contributed by atoms with van der Waals surface area (Å²) in [5.74, 6) is -1.32. The van der Waals surface area contributed by atoms with Crippen molar-refractivity contribution in [2.45, 2.75) is 13.0 Å². The molecule has 1 aromatic carbocycles. The highest BCUT2D eigenvalue weighted by molar-refractivity contribution is 6.51. The van der Waals surface area contributed by atoms with Gasteiger partial charge in [-0.3, -0.25) is 19.5 Å². The number of Topliss-reactive ketones (excluding diaryl/α,β-unsaturated/α-hetero) is 1. The number of nitrogens with zero attached hydrogens (tertiary/aromatic N) is 2. The first-order chi connectivity index (χ1) is 13.1. The van der Waals surface area contributed by atoms with Gasteiger partial charge in [0.15, 0.2) is 0 Å². The second kappa shape index (κ2) is 6.57. The summed E-state index contributed by atoms with van der Waals surface area (Å²) in [7, 11) is 0. The highest BCUT2D eigenvalue weighted by Crippen LogP contribution is 2.42. The van der Waals surface area contributed by atoms with Gasteiger partial charge in [-0.2, -0.15) is 0 Å². The van der Waals surface area contributed by atoms with Crippen molar-refractivity contribution >= 4 is 23.1 Å². The maximum Gasteiger partial charge on any atom is 0.300 e. The Bertz CT molecular complexity index is 1040. The number of aliphatic hydroxyl groups is 1. The van der Waals surface area contributed by atoms with Crippen molar-refractivity contribution in [1.82, 2.24) is 4.98 Å². The maximum atomic E-state index is 12.9. The third-order valence-corrected chi connectivity index (χ3v) is 4.59. The molecule has 0 spiro atoms. The number of carbonyl (C=O) groups is 2. The molecule has 0 bridgehead atoms. The first kappa shape index (κ1) is 16.8. The largest absolute Gasteiger partial charge is 0.507 e. The third kappa shape index (κ3) is 2.71. The molecule has 1 aliphatic heterocycles. The van der Waals surface area contributed by atoms with Gasteiger partial charge in [0.25, 0.3) is 11.7 Å². The van der Waals surface area contributed by atoms with E-state index in [0.717, 1.165) is 5.56 Å². The van der Waals surface area contributed by atoms with Gasteiger partial charge in [0.1, 0.15) is 17.6 Å². The lowest BCUT2D eigenvalue weighted by atomic mass is 9.99. The summed E-state index contributed by atoms with van der Waals surface area (Å²) in [6.07, 6.45) is 4.49. The Hall–Kier alpha value is -3.67. The van der Waals surface area contributed by atoms with Crippen molar-refractivity contribution in [3.8, 4) is 0 Å². The lowest BCUT2D eigenvalue weighted by Gasteiger charge is -2.24. The molecule has 1 aliphatic rings. The molecular weight excluding hydrogens is 344 g/mol. The van der Waals surface area contributed by atoms with E-state index in [1.165, 1.54) is 23.6 Å². The highest BCUT2D eigenvalue weighted by Gasteiger charge is 2.48. The van der Waals surface area contributed by atoms with Crippen LogP contribution in [0.1, 0.15) is 22.9 Å². The number of pyridine rings is 1. The number of aromatic nitrogens is 1. The number of aliphatic hydroxyl groups excluding tert-OH is 1. The molecule has 3 aromatic rings. The van der Waals surface area contributed by atoms with Gasteiger partial charge in [0.2, 0.25) is 0 Å². The van der Waals surface area contributed by atoms with E-state index in [4.69, 9.17) is 4.42 Å². The summed E-state index contributed by atoms with van der Waals surface area (Å²) in [5, 5.41) is 10.8. The smallest absolute Gasteiger partial charge is 0.300 e. The molecule has 1 unspecified atom stereocenters. The van der Waals surface area contributed by atoms with Crippen LogP contribution in [0.2, 0.25) is 0 Å². The molecule has 3 heterocycles. The molecule has 134 valence electrons. The number of amides is 1. The van der Waals surface area contributed by atoms with Crippen molar-refractivity contribution in [2.24, 2.45) is 0 Å². The Morgan fingerprint density at radius 1 is 1.07 bits per heavy atom. The van der Waals surface area contributed by atoms with Crippen LogP contribution in [0.25, 0.3) is 5.76 Å². The Morgan fingerprint density at radius 2 is 1.81 bits per heavy atom. The molecule has 2 aromatic heterocycles. The van der Waals surface area contributed by atoms with E-state index in [2.05, 4.69) is 4.98 Å². The van der Waals surface area contributed by atoms with E-state index in [9.17, 15) is 14.7 Å². The van der Waals surface area contributed by atoms with Gasteiger partial charge in [-0.05, 0) is 42.8 Å². The lowest BCUT2D eigenvalue weighted by molar-refractivity contribution is -0.132. The van der Waals surface area contributed by atoms with Gasteiger partial charge in [-0.1, -0.05) is 18.2 Å². The summed E-state index contributed by atoms with van der Waals surface area (Å²) in [5.41, 5.74) is 1.82. The van der Waals surface area contributed by atoms with Gasteiger partial charge in [0.05, 0.1) is 11.8 Å². The van der Waals surface area contributed by atoms with E-state index in [-0.39, 0.29) is 11.3 Å². The minimum Gasteiger partial charge on any atom is -0.507 e. The number of para-hydroxylation sites is 1. The number of hydrogen-bond acceptors (Lipinski definition) is 5. The number of rotatable bonds is 3. The van der Waals surface area contributed by atoms with E-state index in [0.29, 0.717) is 17.0 Å².